The van der Waals surface area contributed by atoms with Gasteiger partial charge in [-0.25, -0.2) is 4.98 Å². The molecule has 3 atom stereocenters. The van der Waals surface area contributed by atoms with Gasteiger partial charge in [-0.1, -0.05) is 26.7 Å². The standard InChI is InChI=1S/C17H30N2O2/c1-5-7-8-14-10-9-13(11-18-14)16-19-15(12(3)21-16)17(4,20)6-2/h13-14,18,20H,5-11H2,1-4H3. The lowest BCUT2D eigenvalue weighted by Gasteiger charge is -2.28. The molecule has 0 radical (unpaired) electrons. The first-order valence-electron chi connectivity index (χ1n) is 8.41. The molecule has 2 rings (SSSR count). The Morgan fingerprint density at radius 3 is 2.71 bits per heavy atom. The molecule has 3 unspecified atom stereocenters. The normalized spacial score (nSPS) is 25.8. The van der Waals surface area contributed by atoms with Crippen LogP contribution in [-0.4, -0.2) is 22.7 Å². The maximum Gasteiger partial charge on any atom is 0.199 e. The predicted octanol–water partition coefficient (Wildman–Crippen LogP) is 3.63. The summed E-state index contributed by atoms with van der Waals surface area (Å²) in [4.78, 5) is 4.61. The van der Waals surface area contributed by atoms with Crippen molar-refractivity contribution in [2.45, 2.75) is 83.8 Å². The van der Waals surface area contributed by atoms with E-state index < -0.39 is 5.60 Å². The van der Waals surface area contributed by atoms with Gasteiger partial charge in [-0.05, 0) is 39.5 Å². The molecule has 1 aliphatic rings. The van der Waals surface area contributed by atoms with Crippen LogP contribution in [0.3, 0.4) is 0 Å². The number of nitrogens with one attached hydrogen (secondary N) is 1. The van der Waals surface area contributed by atoms with Crippen molar-refractivity contribution < 1.29 is 9.52 Å². The van der Waals surface area contributed by atoms with E-state index in [0.717, 1.165) is 24.6 Å². The van der Waals surface area contributed by atoms with Crippen molar-refractivity contribution in [2.24, 2.45) is 0 Å². The zero-order chi connectivity index (χ0) is 15.5. The molecule has 0 aliphatic carbocycles. The zero-order valence-electron chi connectivity index (χ0n) is 13.9. The molecule has 1 aromatic heterocycles. The van der Waals surface area contributed by atoms with Gasteiger partial charge in [-0.2, -0.15) is 0 Å². The first-order chi connectivity index (χ1) is 9.97. The van der Waals surface area contributed by atoms with E-state index in [9.17, 15) is 5.11 Å². The molecule has 0 saturated carbocycles. The maximum atomic E-state index is 10.4. The monoisotopic (exact) mass is 294 g/mol. The summed E-state index contributed by atoms with van der Waals surface area (Å²) >= 11 is 0. The molecular formula is C17H30N2O2. The molecule has 1 saturated heterocycles. The van der Waals surface area contributed by atoms with Gasteiger partial charge in [0.1, 0.15) is 17.1 Å². The van der Waals surface area contributed by atoms with Crippen LogP contribution in [0.2, 0.25) is 0 Å². The van der Waals surface area contributed by atoms with E-state index in [1.54, 1.807) is 0 Å². The second kappa shape index (κ2) is 6.93. The lowest BCUT2D eigenvalue weighted by Crippen LogP contribution is -2.38. The van der Waals surface area contributed by atoms with E-state index in [1.165, 1.54) is 25.7 Å². The largest absolute Gasteiger partial charge is 0.445 e. The molecule has 21 heavy (non-hydrogen) atoms. The molecule has 120 valence electrons. The number of aromatic nitrogens is 1. The van der Waals surface area contributed by atoms with Crippen molar-refractivity contribution in [1.82, 2.24) is 10.3 Å². The van der Waals surface area contributed by atoms with Crippen LogP contribution in [0.5, 0.6) is 0 Å². The lowest BCUT2D eigenvalue weighted by molar-refractivity contribution is 0.0475. The molecule has 0 amide bonds. The molecule has 2 heterocycles. The van der Waals surface area contributed by atoms with Crippen LogP contribution in [0, 0.1) is 6.92 Å². The van der Waals surface area contributed by atoms with Crippen molar-refractivity contribution in [2.75, 3.05) is 6.54 Å². The third-order valence-electron chi connectivity index (χ3n) is 4.78. The molecule has 1 aromatic rings. The second-order valence-electron chi connectivity index (χ2n) is 6.61. The lowest BCUT2D eigenvalue weighted by atomic mass is 9.92. The van der Waals surface area contributed by atoms with Crippen molar-refractivity contribution >= 4 is 0 Å². The van der Waals surface area contributed by atoms with Crippen LogP contribution < -0.4 is 5.32 Å². The van der Waals surface area contributed by atoms with Gasteiger partial charge in [0.25, 0.3) is 0 Å². The highest BCUT2D eigenvalue weighted by Crippen LogP contribution is 2.32. The first kappa shape index (κ1) is 16.5. The summed E-state index contributed by atoms with van der Waals surface area (Å²) in [6, 6.07) is 0.649. The third kappa shape index (κ3) is 3.86. The Bertz CT molecular complexity index is 446. The Morgan fingerprint density at radius 1 is 1.38 bits per heavy atom. The number of rotatable bonds is 6. The Hall–Kier alpha value is -0.870. The molecular weight excluding hydrogens is 264 g/mol. The van der Waals surface area contributed by atoms with Gasteiger partial charge < -0.3 is 14.8 Å². The fourth-order valence-corrected chi connectivity index (χ4v) is 3.08. The Labute approximate surface area is 128 Å². The van der Waals surface area contributed by atoms with Crippen molar-refractivity contribution in [3.05, 3.63) is 17.3 Å². The van der Waals surface area contributed by atoms with Crippen molar-refractivity contribution in [1.29, 1.82) is 0 Å². The van der Waals surface area contributed by atoms with Crippen LogP contribution in [0.1, 0.15) is 82.6 Å². The smallest absolute Gasteiger partial charge is 0.199 e. The fraction of sp³-hybridized carbons (Fsp3) is 0.824. The van der Waals surface area contributed by atoms with Crippen LogP contribution in [0.4, 0.5) is 0 Å². The minimum atomic E-state index is -0.891. The minimum Gasteiger partial charge on any atom is -0.445 e. The number of aryl methyl sites for hydroxylation is 1. The summed E-state index contributed by atoms with van der Waals surface area (Å²) in [6.45, 7) is 8.84. The SMILES string of the molecule is CCCCC1CCC(c2nc(C(C)(O)CC)c(C)o2)CN1. The van der Waals surface area contributed by atoms with E-state index in [-0.39, 0.29) is 0 Å². The predicted molar refractivity (Wildman–Crippen MR) is 84.4 cm³/mol. The van der Waals surface area contributed by atoms with E-state index in [4.69, 9.17) is 4.42 Å². The van der Waals surface area contributed by atoms with E-state index in [2.05, 4.69) is 17.2 Å². The highest BCUT2D eigenvalue weighted by Gasteiger charge is 2.31. The molecule has 1 fully saturated rings. The first-order valence-corrected chi connectivity index (χ1v) is 8.41. The van der Waals surface area contributed by atoms with Gasteiger partial charge >= 0.3 is 0 Å². The molecule has 2 N–H and O–H groups in total. The number of aliphatic hydroxyl groups is 1. The van der Waals surface area contributed by atoms with Crippen LogP contribution >= 0.6 is 0 Å². The molecule has 0 aromatic carbocycles. The average molecular weight is 294 g/mol. The third-order valence-corrected chi connectivity index (χ3v) is 4.78. The Morgan fingerprint density at radius 2 is 2.14 bits per heavy atom. The highest BCUT2D eigenvalue weighted by atomic mass is 16.4. The van der Waals surface area contributed by atoms with Crippen molar-refractivity contribution in [3.63, 3.8) is 0 Å². The minimum absolute atomic E-state index is 0.336. The van der Waals surface area contributed by atoms with Gasteiger partial charge in [-0.3, -0.25) is 0 Å². The molecule has 4 nitrogen and oxygen atoms in total. The van der Waals surface area contributed by atoms with Gasteiger partial charge in [0.15, 0.2) is 5.89 Å². The topological polar surface area (TPSA) is 58.3 Å². The number of nitrogens with zero attached hydrogens (tertiary/aromatic N) is 1. The maximum absolute atomic E-state index is 10.4. The van der Waals surface area contributed by atoms with Crippen LogP contribution in [0.15, 0.2) is 4.42 Å². The Balaban J connectivity index is 2.00. The van der Waals surface area contributed by atoms with E-state index >= 15 is 0 Å². The van der Waals surface area contributed by atoms with Gasteiger partial charge in [0.2, 0.25) is 0 Å². The fourth-order valence-electron chi connectivity index (χ4n) is 3.08. The number of hydrogen-bond donors (Lipinski definition) is 2. The number of oxazole rings is 1. The summed E-state index contributed by atoms with van der Waals surface area (Å²) in [7, 11) is 0. The molecule has 0 bridgehead atoms. The summed E-state index contributed by atoms with van der Waals surface area (Å²) in [6.07, 6.45) is 6.77. The Kier molecular flexibility index (Phi) is 5.44. The zero-order valence-corrected chi connectivity index (χ0v) is 13.9. The number of unbranched alkanes of at least 4 members (excludes halogenated alkanes) is 1. The van der Waals surface area contributed by atoms with Gasteiger partial charge in [-0.15, -0.1) is 0 Å². The summed E-state index contributed by atoms with van der Waals surface area (Å²) in [5.41, 5.74) is -0.189. The van der Waals surface area contributed by atoms with Crippen LogP contribution in [0.25, 0.3) is 0 Å². The molecule has 1 aliphatic heterocycles. The second-order valence-corrected chi connectivity index (χ2v) is 6.61. The summed E-state index contributed by atoms with van der Waals surface area (Å²) < 4.78 is 5.85. The van der Waals surface area contributed by atoms with Gasteiger partial charge in [0, 0.05) is 18.5 Å². The molecule has 4 heteroatoms. The number of hydrogen-bond acceptors (Lipinski definition) is 4. The van der Waals surface area contributed by atoms with Gasteiger partial charge in [0.05, 0.1) is 0 Å². The molecule has 0 spiro atoms. The van der Waals surface area contributed by atoms with E-state index in [0.29, 0.717) is 24.1 Å². The quantitative estimate of drug-likeness (QED) is 0.841. The van der Waals surface area contributed by atoms with E-state index in [1.807, 2.05) is 20.8 Å². The summed E-state index contributed by atoms with van der Waals surface area (Å²) in [5, 5.41) is 14.0. The average Bonchev–Trinajstić information content (AvgIpc) is 2.88. The van der Waals surface area contributed by atoms with Crippen LogP contribution in [-0.2, 0) is 5.60 Å². The summed E-state index contributed by atoms with van der Waals surface area (Å²) in [5.74, 6) is 1.88. The highest BCUT2D eigenvalue weighted by molar-refractivity contribution is 5.17. The number of piperidine rings is 1. The van der Waals surface area contributed by atoms with Crippen molar-refractivity contribution in [3.8, 4) is 0 Å².